The molecule has 4 N–H and O–H groups in total. The number of benzene rings is 1. The maximum absolute atomic E-state index is 12.2. The Kier molecular flexibility index (Phi) is 7.54. The molecule has 0 radical (unpaired) electrons. The topological polar surface area (TPSA) is 125 Å². The van der Waals surface area contributed by atoms with Crippen LogP contribution in [-0.4, -0.2) is 28.8 Å². The summed E-state index contributed by atoms with van der Waals surface area (Å²) in [5.74, 6) is -3.68. The summed E-state index contributed by atoms with van der Waals surface area (Å²) in [5, 5.41) is 12.0. The highest BCUT2D eigenvalue weighted by molar-refractivity contribution is 5.94. The molecule has 0 heterocycles. The molecule has 8 heteroatoms. The number of amides is 3. The number of aryl methyl sites for hydroxylation is 2. The summed E-state index contributed by atoms with van der Waals surface area (Å²) in [5.41, 5.74) is 7.28. The number of carbonyl (C=O) groups is 4. The zero-order valence-electron chi connectivity index (χ0n) is 16.2. The van der Waals surface area contributed by atoms with Crippen molar-refractivity contribution in [1.29, 1.82) is 0 Å². The molecule has 1 aliphatic carbocycles. The van der Waals surface area contributed by atoms with Crippen LogP contribution in [0.2, 0.25) is 0 Å². The van der Waals surface area contributed by atoms with Crippen LogP contribution in [0.25, 0.3) is 0 Å². The number of rotatable bonds is 6. The second-order valence-corrected chi connectivity index (χ2v) is 7.24. The van der Waals surface area contributed by atoms with Crippen molar-refractivity contribution < 1.29 is 24.3 Å². The van der Waals surface area contributed by atoms with Gasteiger partial charge in [-0.2, -0.15) is 0 Å². The summed E-state index contributed by atoms with van der Waals surface area (Å²) < 4.78 is 0. The van der Waals surface area contributed by atoms with Gasteiger partial charge in [-0.15, -0.1) is 0 Å². The van der Waals surface area contributed by atoms with Crippen LogP contribution < -0.4 is 16.2 Å². The number of hydrazine groups is 1. The van der Waals surface area contributed by atoms with Gasteiger partial charge in [-0.25, -0.2) is 0 Å². The molecule has 1 aliphatic rings. The number of anilines is 1. The predicted molar refractivity (Wildman–Crippen MR) is 103 cm³/mol. The molecule has 152 valence electrons. The fourth-order valence-electron chi connectivity index (χ4n) is 3.42. The largest absolute Gasteiger partial charge is 0.481 e. The van der Waals surface area contributed by atoms with E-state index in [1.165, 1.54) is 0 Å². The fraction of sp³-hybridized carbons (Fsp3) is 0.500. The highest BCUT2D eigenvalue weighted by Gasteiger charge is 2.35. The van der Waals surface area contributed by atoms with E-state index in [9.17, 15) is 24.3 Å². The van der Waals surface area contributed by atoms with Crippen molar-refractivity contribution in [1.82, 2.24) is 10.9 Å². The van der Waals surface area contributed by atoms with Gasteiger partial charge in [-0.3, -0.25) is 30.0 Å². The highest BCUT2D eigenvalue weighted by Crippen LogP contribution is 2.30. The van der Waals surface area contributed by atoms with Crippen LogP contribution in [0.3, 0.4) is 0 Å². The lowest BCUT2D eigenvalue weighted by atomic mass is 9.79. The Balaban J connectivity index is 1.75. The Morgan fingerprint density at radius 2 is 1.61 bits per heavy atom. The molecular formula is C20H27N3O5. The molecular weight excluding hydrogens is 362 g/mol. The molecule has 1 aromatic carbocycles. The van der Waals surface area contributed by atoms with Gasteiger partial charge in [0.1, 0.15) is 0 Å². The first-order valence-corrected chi connectivity index (χ1v) is 9.46. The molecule has 1 saturated carbocycles. The van der Waals surface area contributed by atoms with Gasteiger partial charge in [0, 0.05) is 18.5 Å². The molecule has 28 heavy (non-hydrogen) atoms. The van der Waals surface area contributed by atoms with Crippen LogP contribution in [0.4, 0.5) is 5.69 Å². The summed E-state index contributed by atoms with van der Waals surface area (Å²) in [6.45, 7) is 3.85. The number of carbonyl (C=O) groups excluding carboxylic acids is 3. The number of carboxylic acid groups (broad SMARTS) is 1. The lowest BCUT2D eigenvalue weighted by Gasteiger charge is -2.27. The Morgan fingerprint density at radius 3 is 2.25 bits per heavy atom. The van der Waals surface area contributed by atoms with E-state index in [0.29, 0.717) is 18.5 Å². The third-order valence-electron chi connectivity index (χ3n) is 4.98. The minimum Gasteiger partial charge on any atom is -0.481 e. The van der Waals surface area contributed by atoms with Gasteiger partial charge in [-0.05, 0) is 38.3 Å². The molecule has 8 nitrogen and oxygen atoms in total. The summed E-state index contributed by atoms with van der Waals surface area (Å²) in [4.78, 5) is 47.4. The maximum Gasteiger partial charge on any atom is 0.307 e. The van der Waals surface area contributed by atoms with E-state index in [1.807, 2.05) is 32.0 Å². The molecule has 0 spiro atoms. The van der Waals surface area contributed by atoms with Crippen molar-refractivity contribution >= 4 is 29.4 Å². The molecule has 0 aliphatic heterocycles. The summed E-state index contributed by atoms with van der Waals surface area (Å²) >= 11 is 0. The van der Waals surface area contributed by atoms with Crippen molar-refractivity contribution in [2.45, 2.75) is 52.4 Å². The average Bonchev–Trinajstić information content (AvgIpc) is 2.66. The monoisotopic (exact) mass is 389 g/mol. The smallest absolute Gasteiger partial charge is 0.307 e. The molecule has 0 saturated heterocycles. The second-order valence-electron chi connectivity index (χ2n) is 7.24. The highest BCUT2D eigenvalue weighted by atomic mass is 16.4. The van der Waals surface area contributed by atoms with Crippen molar-refractivity contribution in [2.75, 3.05) is 5.32 Å². The Bertz CT molecular complexity index is 762. The minimum atomic E-state index is -0.991. The molecule has 2 atom stereocenters. The second kappa shape index (κ2) is 9.87. The Morgan fingerprint density at radius 1 is 0.964 bits per heavy atom. The van der Waals surface area contributed by atoms with Crippen LogP contribution in [0, 0.1) is 25.7 Å². The summed E-state index contributed by atoms with van der Waals surface area (Å²) in [6.07, 6.45) is 2.38. The predicted octanol–water partition coefficient (Wildman–Crippen LogP) is 2.06. The van der Waals surface area contributed by atoms with Gasteiger partial charge in [0.2, 0.25) is 17.7 Å². The Labute approximate surface area is 164 Å². The van der Waals surface area contributed by atoms with E-state index >= 15 is 0 Å². The van der Waals surface area contributed by atoms with Crippen LogP contribution in [-0.2, 0) is 19.2 Å². The third kappa shape index (κ3) is 6.07. The molecule has 3 amide bonds. The van der Waals surface area contributed by atoms with E-state index in [0.717, 1.165) is 24.0 Å². The molecule has 0 aromatic heterocycles. The van der Waals surface area contributed by atoms with Gasteiger partial charge in [0.15, 0.2) is 0 Å². The normalized spacial score (nSPS) is 18.8. The first-order chi connectivity index (χ1) is 13.3. The number of aliphatic carboxylic acids is 1. The van der Waals surface area contributed by atoms with E-state index in [2.05, 4.69) is 16.2 Å². The maximum atomic E-state index is 12.2. The third-order valence-corrected chi connectivity index (χ3v) is 4.98. The minimum absolute atomic E-state index is 0.0315. The standard InChI is InChI=1S/C20H27N3O5/c1-12-7-8-16(13(2)11-12)21-17(24)9-10-18(25)22-23-19(26)14-5-3-4-6-15(14)20(27)28/h7-8,11,14-15H,3-6,9-10H2,1-2H3,(H,21,24)(H,22,25)(H,23,26)(H,27,28)/t14-,15+/m1/s1. The molecule has 2 rings (SSSR count). The van der Waals surface area contributed by atoms with Gasteiger partial charge in [0.25, 0.3) is 0 Å². The number of hydrogen-bond acceptors (Lipinski definition) is 4. The molecule has 1 aromatic rings. The van der Waals surface area contributed by atoms with Crippen molar-refractivity contribution in [3.63, 3.8) is 0 Å². The summed E-state index contributed by atoms with van der Waals surface area (Å²) in [7, 11) is 0. The van der Waals surface area contributed by atoms with Crippen molar-refractivity contribution in [3.05, 3.63) is 29.3 Å². The van der Waals surface area contributed by atoms with E-state index in [-0.39, 0.29) is 18.7 Å². The summed E-state index contributed by atoms with van der Waals surface area (Å²) in [6, 6.07) is 5.65. The first kappa shape index (κ1) is 21.4. The van der Waals surface area contributed by atoms with Gasteiger partial charge < -0.3 is 10.4 Å². The van der Waals surface area contributed by atoms with E-state index < -0.39 is 29.6 Å². The number of hydrogen-bond donors (Lipinski definition) is 4. The lowest BCUT2D eigenvalue weighted by Crippen LogP contribution is -2.48. The van der Waals surface area contributed by atoms with Gasteiger partial charge in [-0.1, -0.05) is 30.5 Å². The lowest BCUT2D eigenvalue weighted by molar-refractivity contribution is -0.149. The number of nitrogens with one attached hydrogen (secondary N) is 3. The van der Waals surface area contributed by atoms with Crippen LogP contribution in [0.1, 0.15) is 49.7 Å². The number of carboxylic acids is 1. The molecule has 1 fully saturated rings. The molecule has 0 bridgehead atoms. The van der Waals surface area contributed by atoms with Crippen LogP contribution in [0.5, 0.6) is 0 Å². The SMILES string of the molecule is Cc1ccc(NC(=O)CCC(=O)NNC(=O)[C@@H]2CCCC[C@@H]2C(=O)O)c(C)c1. The molecule has 0 unspecified atom stereocenters. The zero-order chi connectivity index (χ0) is 20.7. The van der Waals surface area contributed by atoms with Crippen molar-refractivity contribution in [2.24, 2.45) is 11.8 Å². The van der Waals surface area contributed by atoms with Gasteiger partial charge in [0.05, 0.1) is 11.8 Å². The van der Waals surface area contributed by atoms with Crippen LogP contribution >= 0.6 is 0 Å². The van der Waals surface area contributed by atoms with Crippen molar-refractivity contribution in [3.8, 4) is 0 Å². The first-order valence-electron chi connectivity index (χ1n) is 9.46. The zero-order valence-corrected chi connectivity index (χ0v) is 16.2. The fourth-order valence-corrected chi connectivity index (χ4v) is 3.42. The quantitative estimate of drug-likeness (QED) is 0.554. The van der Waals surface area contributed by atoms with Gasteiger partial charge >= 0.3 is 5.97 Å². The Hall–Kier alpha value is -2.90. The van der Waals surface area contributed by atoms with Crippen LogP contribution in [0.15, 0.2) is 18.2 Å². The van der Waals surface area contributed by atoms with E-state index in [1.54, 1.807) is 0 Å². The average molecular weight is 389 g/mol. The van der Waals surface area contributed by atoms with E-state index in [4.69, 9.17) is 0 Å².